The van der Waals surface area contributed by atoms with Gasteiger partial charge in [0, 0.05) is 24.9 Å². The Morgan fingerprint density at radius 1 is 1.20 bits per heavy atom. The molecule has 2 rings (SSSR count). The summed E-state index contributed by atoms with van der Waals surface area (Å²) in [4.78, 5) is 26.4. The first-order valence-electron chi connectivity index (χ1n) is 6.90. The molecular weight excluding hydrogens is 345 g/mol. The van der Waals surface area contributed by atoms with Gasteiger partial charge in [0.2, 0.25) is 5.82 Å². The van der Waals surface area contributed by atoms with E-state index < -0.39 is 23.9 Å². The van der Waals surface area contributed by atoms with Crippen molar-refractivity contribution in [3.8, 4) is 11.4 Å². The predicted molar refractivity (Wildman–Crippen MR) is 78.3 cm³/mol. The molecule has 0 saturated carbocycles. The Bertz CT molecular complexity index is 743. The van der Waals surface area contributed by atoms with Gasteiger partial charge in [-0.1, -0.05) is 5.16 Å². The van der Waals surface area contributed by atoms with Crippen LogP contribution in [0.2, 0.25) is 0 Å². The van der Waals surface area contributed by atoms with Gasteiger partial charge in [0.05, 0.1) is 6.61 Å². The number of hydrogen-bond acceptors (Lipinski definition) is 6. The number of halogens is 3. The van der Waals surface area contributed by atoms with Gasteiger partial charge in [0.25, 0.3) is 0 Å². The molecule has 0 aliphatic rings. The summed E-state index contributed by atoms with van der Waals surface area (Å²) in [5, 5.41) is 7.93. The molecule has 0 aliphatic heterocycles. The van der Waals surface area contributed by atoms with Gasteiger partial charge in [-0.25, -0.2) is 0 Å². The molecule has 2 aromatic rings. The highest BCUT2D eigenvalue weighted by molar-refractivity contribution is 6.39. The Labute approximate surface area is 139 Å². The zero-order chi connectivity index (χ0) is 18.4. The topological polar surface area (TPSA) is 106 Å². The number of carbonyl (C=O) groups is 2. The Hall–Kier alpha value is -2.95. The normalized spacial score (nSPS) is 11.2. The molecule has 1 aromatic carbocycles. The van der Waals surface area contributed by atoms with E-state index in [1.807, 2.05) is 0 Å². The van der Waals surface area contributed by atoms with E-state index in [0.29, 0.717) is 0 Å². The van der Waals surface area contributed by atoms with Gasteiger partial charge in [-0.3, -0.25) is 9.59 Å². The molecule has 1 aromatic heterocycles. The number of aromatic nitrogens is 2. The molecule has 0 spiro atoms. The number of rotatable bonds is 5. The van der Waals surface area contributed by atoms with Crippen LogP contribution in [0, 0.1) is 0 Å². The van der Waals surface area contributed by atoms with E-state index in [1.165, 1.54) is 31.4 Å². The fourth-order valence-electron chi connectivity index (χ4n) is 1.69. The van der Waals surface area contributed by atoms with E-state index >= 15 is 0 Å². The van der Waals surface area contributed by atoms with Crippen molar-refractivity contribution >= 4 is 17.5 Å². The lowest BCUT2D eigenvalue weighted by molar-refractivity contribution is -0.159. The second-order valence-electron chi connectivity index (χ2n) is 4.70. The summed E-state index contributed by atoms with van der Waals surface area (Å²) in [5.74, 6) is -3.42. The van der Waals surface area contributed by atoms with Crippen molar-refractivity contribution in [1.82, 2.24) is 15.5 Å². The summed E-state index contributed by atoms with van der Waals surface area (Å²) < 4.78 is 46.1. The molecule has 0 bridgehead atoms. The molecule has 8 nitrogen and oxygen atoms in total. The van der Waals surface area contributed by atoms with Crippen LogP contribution in [0.5, 0.6) is 0 Å². The largest absolute Gasteiger partial charge is 0.471 e. The van der Waals surface area contributed by atoms with Gasteiger partial charge in [-0.2, -0.15) is 18.2 Å². The molecule has 0 unspecified atom stereocenters. The Morgan fingerprint density at radius 2 is 1.88 bits per heavy atom. The lowest BCUT2D eigenvalue weighted by Crippen LogP contribution is -2.37. The van der Waals surface area contributed by atoms with Crippen molar-refractivity contribution in [2.45, 2.75) is 6.18 Å². The van der Waals surface area contributed by atoms with E-state index in [1.54, 1.807) is 0 Å². The number of methoxy groups -OCH3 is 1. The standard InChI is InChI=1S/C14H13F3N4O4/c1-24-7-6-18-11(22)12(23)19-9-4-2-8(3-5-9)10-20-13(25-21-10)14(15,16)17/h2-5H,6-7H2,1H3,(H,18,22)(H,19,23). The predicted octanol–water partition coefficient (Wildman–Crippen LogP) is 1.46. The molecule has 11 heteroatoms. The molecule has 1 heterocycles. The molecule has 2 amide bonds. The van der Waals surface area contributed by atoms with Crippen LogP contribution in [0.15, 0.2) is 28.8 Å². The number of ether oxygens (including phenoxy) is 1. The van der Waals surface area contributed by atoms with Crippen LogP contribution in [-0.2, 0) is 20.5 Å². The third kappa shape index (κ3) is 5.01. The number of benzene rings is 1. The van der Waals surface area contributed by atoms with E-state index in [2.05, 4.69) is 25.3 Å². The van der Waals surface area contributed by atoms with Gasteiger partial charge in [-0.05, 0) is 24.3 Å². The first-order chi connectivity index (χ1) is 11.8. The number of nitrogens with zero attached hydrogens (tertiary/aromatic N) is 2. The molecular formula is C14H13F3N4O4. The first-order valence-corrected chi connectivity index (χ1v) is 6.90. The van der Waals surface area contributed by atoms with Crippen LogP contribution in [0.1, 0.15) is 5.89 Å². The van der Waals surface area contributed by atoms with Gasteiger partial charge in [-0.15, -0.1) is 0 Å². The highest BCUT2D eigenvalue weighted by Gasteiger charge is 2.38. The smallest absolute Gasteiger partial charge is 0.383 e. The molecule has 0 aliphatic carbocycles. The second-order valence-corrected chi connectivity index (χ2v) is 4.70. The maximum absolute atomic E-state index is 12.4. The summed E-state index contributed by atoms with van der Waals surface area (Å²) in [7, 11) is 1.45. The lowest BCUT2D eigenvalue weighted by atomic mass is 10.2. The summed E-state index contributed by atoms with van der Waals surface area (Å²) >= 11 is 0. The fraction of sp³-hybridized carbons (Fsp3) is 0.286. The number of nitrogens with one attached hydrogen (secondary N) is 2. The van der Waals surface area contributed by atoms with E-state index in [0.717, 1.165) is 0 Å². The number of hydrogen-bond donors (Lipinski definition) is 2. The highest BCUT2D eigenvalue weighted by atomic mass is 19.4. The van der Waals surface area contributed by atoms with Crippen molar-refractivity contribution in [2.75, 3.05) is 25.6 Å². The van der Waals surface area contributed by atoms with Gasteiger partial charge in [0.1, 0.15) is 0 Å². The van der Waals surface area contributed by atoms with Crippen molar-refractivity contribution in [1.29, 1.82) is 0 Å². The van der Waals surface area contributed by atoms with E-state index in [9.17, 15) is 22.8 Å². The molecule has 134 valence electrons. The van der Waals surface area contributed by atoms with Crippen molar-refractivity contribution in [3.05, 3.63) is 30.2 Å². The summed E-state index contributed by atoms with van der Waals surface area (Å²) in [6.45, 7) is 0.444. The van der Waals surface area contributed by atoms with Crippen LogP contribution >= 0.6 is 0 Å². The maximum atomic E-state index is 12.4. The SMILES string of the molecule is COCCNC(=O)C(=O)Nc1ccc(-c2noc(C(F)(F)F)n2)cc1. The van der Waals surface area contributed by atoms with Gasteiger partial charge in [0.15, 0.2) is 0 Å². The Kier molecular flexibility index (Phi) is 5.70. The quantitative estimate of drug-likeness (QED) is 0.619. The summed E-state index contributed by atoms with van der Waals surface area (Å²) in [6.07, 6.45) is -4.73. The zero-order valence-corrected chi connectivity index (χ0v) is 12.9. The average Bonchev–Trinajstić information content (AvgIpc) is 3.06. The molecule has 25 heavy (non-hydrogen) atoms. The van der Waals surface area contributed by atoms with Crippen molar-refractivity contribution < 1.29 is 32.0 Å². The minimum Gasteiger partial charge on any atom is -0.383 e. The molecule has 0 fully saturated rings. The number of amides is 2. The lowest BCUT2D eigenvalue weighted by Gasteiger charge is -2.06. The van der Waals surface area contributed by atoms with Crippen LogP contribution in [0.3, 0.4) is 0 Å². The minimum absolute atomic E-state index is 0.182. The van der Waals surface area contributed by atoms with E-state index in [-0.39, 0.29) is 30.2 Å². The monoisotopic (exact) mass is 358 g/mol. The third-order valence-electron chi connectivity index (χ3n) is 2.87. The number of alkyl halides is 3. The summed E-state index contributed by atoms with van der Waals surface area (Å²) in [5.41, 5.74) is 0.525. The van der Waals surface area contributed by atoms with Crippen molar-refractivity contribution in [3.63, 3.8) is 0 Å². The first kappa shape index (κ1) is 18.4. The van der Waals surface area contributed by atoms with Crippen LogP contribution < -0.4 is 10.6 Å². The fourth-order valence-corrected chi connectivity index (χ4v) is 1.69. The molecule has 0 saturated heterocycles. The minimum atomic E-state index is -4.73. The van der Waals surface area contributed by atoms with Crippen LogP contribution in [0.4, 0.5) is 18.9 Å². The highest BCUT2D eigenvalue weighted by Crippen LogP contribution is 2.29. The summed E-state index contributed by atoms with van der Waals surface area (Å²) in [6, 6.07) is 5.53. The molecule has 2 N–H and O–H groups in total. The Morgan fingerprint density at radius 3 is 2.44 bits per heavy atom. The van der Waals surface area contributed by atoms with Gasteiger partial charge < -0.3 is 19.9 Å². The third-order valence-corrected chi connectivity index (χ3v) is 2.87. The van der Waals surface area contributed by atoms with E-state index in [4.69, 9.17) is 4.74 Å². The molecule has 0 atom stereocenters. The van der Waals surface area contributed by atoms with Gasteiger partial charge >= 0.3 is 23.9 Å². The number of anilines is 1. The second kappa shape index (κ2) is 7.75. The molecule has 0 radical (unpaired) electrons. The number of carbonyl (C=O) groups excluding carboxylic acids is 2. The maximum Gasteiger partial charge on any atom is 0.471 e. The van der Waals surface area contributed by atoms with Crippen molar-refractivity contribution in [2.24, 2.45) is 0 Å². The Balaban J connectivity index is 1.99. The van der Waals surface area contributed by atoms with Crippen LogP contribution in [0.25, 0.3) is 11.4 Å². The average molecular weight is 358 g/mol. The van der Waals surface area contributed by atoms with Crippen LogP contribution in [-0.4, -0.2) is 42.2 Å². The zero-order valence-electron chi connectivity index (χ0n) is 12.9.